The first-order valence-corrected chi connectivity index (χ1v) is 8.79. The van der Waals surface area contributed by atoms with Crippen molar-refractivity contribution in [1.82, 2.24) is 10.6 Å². The van der Waals surface area contributed by atoms with Gasteiger partial charge in [-0.25, -0.2) is 4.79 Å². The van der Waals surface area contributed by atoms with Gasteiger partial charge in [0.25, 0.3) is 0 Å². The zero-order chi connectivity index (χ0) is 18.1. The van der Waals surface area contributed by atoms with E-state index < -0.39 is 0 Å². The lowest BCUT2D eigenvalue weighted by molar-refractivity contribution is -0.117. The summed E-state index contributed by atoms with van der Waals surface area (Å²) in [7, 11) is 0. The number of urea groups is 1. The number of ether oxygens (including phenoxy) is 2. The quantitative estimate of drug-likeness (QED) is 0.668. The Bertz CT molecular complexity index is 562. The highest BCUT2D eigenvalue weighted by Gasteiger charge is 2.31. The minimum Gasteiger partial charge on any atom is -0.494 e. The van der Waals surface area contributed by atoms with Crippen LogP contribution in [0.5, 0.6) is 5.75 Å². The van der Waals surface area contributed by atoms with E-state index in [4.69, 9.17) is 9.47 Å². The van der Waals surface area contributed by atoms with Crippen molar-refractivity contribution in [1.29, 1.82) is 0 Å². The fourth-order valence-corrected chi connectivity index (χ4v) is 2.70. The van der Waals surface area contributed by atoms with Crippen molar-refractivity contribution in [3.63, 3.8) is 0 Å². The first kappa shape index (κ1) is 19.1. The molecule has 0 spiro atoms. The second kappa shape index (κ2) is 9.88. The molecule has 7 nitrogen and oxygen atoms in total. The number of carbonyl (C=O) groups excluding carboxylic acids is 2. The average Bonchev–Trinajstić information content (AvgIpc) is 2.96. The van der Waals surface area contributed by atoms with E-state index in [-0.39, 0.29) is 18.0 Å². The van der Waals surface area contributed by atoms with Crippen molar-refractivity contribution in [2.24, 2.45) is 0 Å². The van der Waals surface area contributed by atoms with Crippen molar-refractivity contribution in [3.05, 3.63) is 24.3 Å². The van der Waals surface area contributed by atoms with Crippen LogP contribution >= 0.6 is 0 Å². The summed E-state index contributed by atoms with van der Waals surface area (Å²) in [5.74, 6) is 0.782. The van der Waals surface area contributed by atoms with Gasteiger partial charge in [-0.05, 0) is 44.5 Å². The summed E-state index contributed by atoms with van der Waals surface area (Å²) in [4.78, 5) is 25.8. The number of anilines is 1. The van der Waals surface area contributed by atoms with Gasteiger partial charge < -0.3 is 25.0 Å². The van der Waals surface area contributed by atoms with Crippen LogP contribution in [0, 0.1) is 0 Å². The van der Waals surface area contributed by atoms with Gasteiger partial charge in [0.2, 0.25) is 5.91 Å². The number of nitrogens with one attached hydrogen (secondary N) is 2. The number of hydrogen-bond donors (Lipinski definition) is 2. The minimum atomic E-state index is -0.247. The predicted octanol–water partition coefficient (Wildman–Crippen LogP) is 1.92. The van der Waals surface area contributed by atoms with E-state index >= 15 is 0 Å². The van der Waals surface area contributed by atoms with Crippen molar-refractivity contribution in [3.8, 4) is 5.75 Å². The maximum atomic E-state index is 12.2. The smallest absolute Gasteiger partial charge is 0.315 e. The molecule has 1 saturated heterocycles. The SMILES string of the molecule is CCOCCCNC(=O)N[C@@H]1CC(=O)N(c2ccc(OCC)cc2)C1. The molecule has 1 fully saturated rings. The van der Waals surface area contributed by atoms with Crippen LogP contribution in [0.3, 0.4) is 0 Å². The molecule has 1 aliphatic heterocycles. The molecule has 1 heterocycles. The third-order valence-corrected chi connectivity index (χ3v) is 3.87. The number of rotatable bonds is 9. The van der Waals surface area contributed by atoms with Crippen LogP contribution in [0.25, 0.3) is 0 Å². The summed E-state index contributed by atoms with van der Waals surface area (Å²) in [6.45, 7) is 6.80. The Morgan fingerprint density at radius 1 is 1.24 bits per heavy atom. The molecule has 1 aromatic rings. The summed E-state index contributed by atoms with van der Waals surface area (Å²) >= 11 is 0. The Morgan fingerprint density at radius 3 is 2.68 bits per heavy atom. The van der Waals surface area contributed by atoms with Gasteiger partial charge in [-0.1, -0.05) is 0 Å². The Balaban J connectivity index is 1.78. The molecule has 1 aliphatic rings. The normalized spacial score (nSPS) is 16.8. The average molecular weight is 349 g/mol. The number of benzene rings is 1. The van der Waals surface area contributed by atoms with Gasteiger partial charge in [-0.2, -0.15) is 0 Å². The van der Waals surface area contributed by atoms with E-state index in [1.165, 1.54) is 0 Å². The number of hydrogen-bond acceptors (Lipinski definition) is 4. The number of nitrogens with zero attached hydrogens (tertiary/aromatic N) is 1. The summed E-state index contributed by atoms with van der Waals surface area (Å²) in [6.07, 6.45) is 1.07. The Hall–Kier alpha value is -2.28. The standard InChI is InChI=1S/C18H27N3O4/c1-3-24-11-5-10-19-18(23)20-14-12-17(22)21(13-14)15-6-8-16(9-7-15)25-4-2/h6-9,14H,3-5,10-13H2,1-2H3,(H2,19,20,23)/t14-/m1/s1. The van der Waals surface area contributed by atoms with Gasteiger partial charge in [0, 0.05) is 38.4 Å². The van der Waals surface area contributed by atoms with Crippen LogP contribution in [-0.4, -0.2) is 50.9 Å². The summed E-state index contributed by atoms with van der Waals surface area (Å²) in [5.41, 5.74) is 0.815. The van der Waals surface area contributed by atoms with Crippen molar-refractivity contribution >= 4 is 17.6 Å². The molecule has 0 aliphatic carbocycles. The van der Waals surface area contributed by atoms with Crippen LogP contribution in [-0.2, 0) is 9.53 Å². The lowest BCUT2D eigenvalue weighted by Gasteiger charge is -2.18. The highest BCUT2D eigenvalue weighted by molar-refractivity contribution is 5.96. The van der Waals surface area contributed by atoms with Crippen LogP contribution in [0.2, 0.25) is 0 Å². The Labute approximate surface area is 148 Å². The zero-order valence-corrected chi connectivity index (χ0v) is 14.9. The van der Waals surface area contributed by atoms with Crippen LogP contribution in [0.15, 0.2) is 24.3 Å². The molecular weight excluding hydrogens is 322 g/mol. The Morgan fingerprint density at radius 2 is 2.00 bits per heavy atom. The van der Waals surface area contributed by atoms with Crippen molar-refractivity contribution in [2.75, 3.05) is 37.8 Å². The Kier molecular flexibility index (Phi) is 7.53. The third kappa shape index (κ3) is 5.94. The number of carbonyl (C=O) groups is 2. The highest BCUT2D eigenvalue weighted by Crippen LogP contribution is 2.24. The third-order valence-electron chi connectivity index (χ3n) is 3.87. The fraction of sp³-hybridized carbons (Fsp3) is 0.556. The van der Waals surface area contributed by atoms with E-state index in [9.17, 15) is 9.59 Å². The topological polar surface area (TPSA) is 79.9 Å². The van der Waals surface area contributed by atoms with Gasteiger partial charge >= 0.3 is 6.03 Å². The molecule has 138 valence electrons. The van der Waals surface area contributed by atoms with Gasteiger partial charge in [0.1, 0.15) is 5.75 Å². The van der Waals surface area contributed by atoms with Crippen LogP contribution in [0.1, 0.15) is 26.7 Å². The lowest BCUT2D eigenvalue weighted by atomic mass is 10.2. The monoisotopic (exact) mass is 349 g/mol. The van der Waals surface area contributed by atoms with Crippen LogP contribution < -0.4 is 20.3 Å². The summed E-state index contributed by atoms with van der Waals surface area (Å²) in [6, 6.07) is 6.97. The molecule has 25 heavy (non-hydrogen) atoms. The van der Waals surface area contributed by atoms with E-state index in [1.807, 2.05) is 38.1 Å². The van der Waals surface area contributed by atoms with Gasteiger partial charge in [0.15, 0.2) is 0 Å². The fourth-order valence-electron chi connectivity index (χ4n) is 2.70. The molecule has 0 bridgehead atoms. The molecule has 7 heteroatoms. The predicted molar refractivity (Wildman–Crippen MR) is 96.0 cm³/mol. The second-order valence-electron chi connectivity index (χ2n) is 5.78. The minimum absolute atomic E-state index is 0.00538. The molecule has 2 N–H and O–H groups in total. The molecule has 0 saturated carbocycles. The molecule has 0 aromatic heterocycles. The largest absolute Gasteiger partial charge is 0.494 e. The van der Waals surface area contributed by atoms with Gasteiger partial charge in [-0.3, -0.25) is 4.79 Å². The maximum absolute atomic E-state index is 12.2. The molecule has 1 atom stereocenters. The van der Waals surface area contributed by atoms with E-state index in [2.05, 4.69) is 10.6 Å². The van der Waals surface area contributed by atoms with E-state index in [0.717, 1.165) is 17.9 Å². The molecular formula is C18H27N3O4. The van der Waals surface area contributed by atoms with E-state index in [1.54, 1.807) is 4.90 Å². The first-order valence-electron chi connectivity index (χ1n) is 8.79. The number of amides is 3. The lowest BCUT2D eigenvalue weighted by Crippen LogP contribution is -2.43. The summed E-state index contributed by atoms with van der Waals surface area (Å²) in [5, 5.41) is 5.64. The first-order chi connectivity index (χ1) is 12.1. The highest BCUT2D eigenvalue weighted by atomic mass is 16.5. The summed E-state index contributed by atoms with van der Waals surface area (Å²) < 4.78 is 10.6. The second-order valence-corrected chi connectivity index (χ2v) is 5.78. The van der Waals surface area contributed by atoms with E-state index in [0.29, 0.717) is 39.3 Å². The molecule has 0 radical (unpaired) electrons. The molecule has 1 aromatic carbocycles. The van der Waals surface area contributed by atoms with Gasteiger partial charge in [-0.15, -0.1) is 0 Å². The van der Waals surface area contributed by atoms with Crippen LogP contribution in [0.4, 0.5) is 10.5 Å². The van der Waals surface area contributed by atoms with Gasteiger partial charge in [0.05, 0.1) is 12.6 Å². The van der Waals surface area contributed by atoms with Crippen molar-refractivity contribution < 1.29 is 19.1 Å². The molecule has 3 amide bonds. The maximum Gasteiger partial charge on any atom is 0.315 e. The molecule has 0 unspecified atom stereocenters. The molecule has 2 rings (SSSR count). The van der Waals surface area contributed by atoms with Crippen molar-refractivity contribution in [2.45, 2.75) is 32.7 Å². The zero-order valence-electron chi connectivity index (χ0n) is 14.9.